The number of nitrogens with two attached hydrogens (primary N) is 1. The van der Waals surface area contributed by atoms with E-state index in [1.54, 1.807) is 10.9 Å². The average molecular weight is 215 g/mol. The number of hydrogen-bond donors (Lipinski definition) is 1. The summed E-state index contributed by atoms with van der Waals surface area (Å²) in [5, 5.41) is 4.23. The van der Waals surface area contributed by atoms with E-state index in [-0.39, 0.29) is 18.9 Å². The lowest BCUT2D eigenvalue weighted by Crippen LogP contribution is -2.26. The third kappa shape index (κ3) is 2.11. The van der Waals surface area contributed by atoms with E-state index in [9.17, 15) is 8.78 Å². The topological polar surface area (TPSA) is 43.8 Å². The van der Waals surface area contributed by atoms with Crippen LogP contribution in [0.2, 0.25) is 0 Å². The van der Waals surface area contributed by atoms with Crippen molar-refractivity contribution < 1.29 is 8.78 Å². The fourth-order valence-corrected chi connectivity index (χ4v) is 1.97. The molecule has 0 spiro atoms. The summed E-state index contributed by atoms with van der Waals surface area (Å²) >= 11 is 0. The van der Waals surface area contributed by atoms with Crippen molar-refractivity contribution in [3.05, 3.63) is 11.9 Å². The molecule has 0 atom stereocenters. The van der Waals surface area contributed by atoms with Crippen LogP contribution in [0.4, 0.5) is 14.5 Å². The van der Waals surface area contributed by atoms with Crippen molar-refractivity contribution >= 4 is 5.69 Å². The molecule has 0 aliphatic heterocycles. The zero-order valence-corrected chi connectivity index (χ0v) is 8.71. The minimum Gasteiger partial charge on any atom is -0.396 e. The number of alkyl halides is 2. The Morgan fingerprint density at radius 3 is 2.53 bits per heavy atom. The largest absolute Gasteiger partial charge is 0.396 e. The van der Waals surface area contributed by atoms with Crippen molar-refractivity contribution in [2.24, 2.45) is 0 Å². The second kappa shape index (κ2) is 3.47. The number of halogens is 2. The fourth-order valence-electron chi connectivity index (χ4n) is 1.97. The molecule has 1 aromatic heterocycles. The van der Waals surface area contributed by atoms with Crippen LogP contribution in [-0.2, 0) is 0 Å². The molecule has 1 aliphatic carbocycles. The molecule has 1 heterocycles. The SMILES string of the molecule is Cc1nn(C2CCC(F)(F)CC2)cc1N. The van der Waals surface area contributed by atoms with Gasteiger partial charge in [-0.05, 0) is 19.8 Å². The first-order valence-electron chi connectivity index (χ1n) is 5.17. The van der Waals surface area contributed by atoms with Gasteiger partial charge in [0.15, 0.2) is 0 Å². The molecule has 0 radical (unpaired) electrons. The molecule has 0 amide bonds. The molecule has 0 bridgehead atoms. The quantitative estimate of drug-likeness (QED) is 0.782. The molecule has 0 aromatic carbocycles. The van der Waals surface area contributed by atoms with Gasteiger partial charge in [-0.25, -0.2) is 8.78 Å². The summed E-state index contributed by atoms with van der Waals surface area (Å²) in [5.74, 6) is -2.48. The van der Waals surface area contributed by atoms with Crippen LogP contribution in [0.15, 0.2) is 6.20 Å². The van der Waals surface area contributed by atoms with E-state index in [0.29, 0.717) is 18.5 Å². The Kier molecular flexibility index (Phi) is 2.40. The van der Waals surface area contributed by atoms with Gasteiger partial charge in [0.25, 0.3) is 0 Å². The van der Waals surface area contributed by atoms with Crippen LogP contribution in [0.25, 0.3) is 0 Å². The van der Waals surface area contributed by atoms with E-state index in [2.05, 4.69) is 5.10 Å². The van der Waals surface area contributed by atoms with Crippen molar-refractivity contribution in [2.75, 3.05) is 5.73 Å². The molecule has 84 valence electrons. The van der Waals surface area contributed by atoms with Crippen molar-refractivity contribution in [2.45, 2.75) is 44.6 Å². The smallest absolute Gasteiger partial charge is 0.248 e. The lowest BCUT2D eigenvalue weighted by atomic mass is 9.92. The molecule has 1 aromatic rings. The van der Waals surface area contributed by atoms with Gasteiger partial charge in [0, 0.05) is 19.0 Å². The van der Waals surface area contributed by atoms with Crippen LogP contribution < -0.4 is 5.73 Å². The summed E-state index contributed by atoms with van der Waals surface area (Å²) < 4.78 is 27.6. The first-order valence-corrected chi connectivity index (χ1v) is 5.17. The normalized spacial score (nSPS) is 21.8. The molecule has 5 heteroatoms. The molecule has 2 N–H and O–H groups in total. The first-order chi connectivity index (χ1) is 6.98. The molecule has 0 saturated heterocycles. The highest BCUT2D eigenvalue weighted by molar-refractivity contribution is 5.39. The molecule has 15 heavy (non-hydrogen) atoms. The van der Waals surface area contributed by atoms with Gasteiger partial charge in [0.1, 0.15) is 0 Å². The summed E-state index contributed by atoms with van der Waals surface area (Å²) in [4.78, 5) is 0. The van der Waals surface area contributed by atoms with Crippen LogP contribution in [0.5, 0.6) is 0 Å². The fraction of sp³-hybridized carbons (Fsp3) is 0.700. The van der Waals surface area contributed by atoms with Gasteiger partial charge >= 0.3 is 0 Å². The van der Waals surface area contributed by atoms with Gasteiger partial charge in [-0.3, -0.25) is 4.68 Å². The predicted octanol–water partition coefficient (Wildman–Crippen LogP) is 2.52. The van der Waals surface area contributed by atoms with Crippen molar-refractivity contribution in [3.63, 3.8) is 0 Å². The summed E-state index contributed by atoms with van der Waals surface area (Å²) in [5.41, 5.74) is 7.07. The van der Waals surface area contributed by atoms with Gasteiger partial charge in [-0.1, -0.05) is 0 Å². The molecular formula is C10H15F2N3. The summed E-state index contributed by atoms with van der Waals surface area (Å²) in [6.07, 6.45) is 2.61. The number of rotatable bonds is 1. The van der Waals surface area contributed by atoms with Crippen molar-refractivity contribution in [1.82, 2.24) is 9.78 Å². The third-order valence-corrected chi connectivity index (χ3v) is 3.02. The molecule has 1 fully saturated rings. The molecule has 1 saturated carbocycles. The molecular weight excluding hydrogens is 200 g/mol. The number of nitrogens with zero attached hydrogens (tertiary/aromatic N) is 2. The van der Waals surface area contributed by atoms with E-state index in [0.717, 1.165) is 5.69 Å². The van der Waals surface area contributed by atoms with E-state index in [1.807, 2.05) is 6.92 Å². The number of nitrogen functional groups attached to an aromatic ring is 1. The Morgan fingerprint density at radius 2 is 2.07 bits per heavy atom. The highest BCUT2D eigenvalue weighted by atomic mass is 19.3. The van der Waals surface area contributed by atoms with Crippen LogP contribution >= 0.6 is 0 Å². The molecule has 3 nitrogen and oxygen atoms in total. The highest BCUT2D eigenvalue weighted by Crippen LogP contribution is 2.38. The van der Waals surface area contributed by atoms with E-state index in [4.69, 9.17) is 5.73 Å². The number of anilines is 1. The summed E-state index contributed by atoms with van der Waals surface area (Å²) in [7, 11) is 0. The minimum absolute atomic E-state index is 0.0452. The van der Waals surface area contributed by atoms with E-state index >= 15 is 0 Å². The maximum absolute atomic E-state index is 12.9. The number of aromatic nitrogens is 2. The highest BCUT2D eigenvalue weighted by Gasteiger charge is 2.35. The summed E-state index contributed by atoms with van der Waals surface area (Å²) in [6, 6.07) is 0.0839. The Bertz CT molecular complexity index is 330. The van der Waals surface area contributed by atoms with Crippen molar-refractivity contribution in [3.8, 4) is 0 Å². The van der Waals surface area contributed by atoms with Crippen LogP contribution in [0.1, 0.15) is 37.4 Å². The Balaban J connectivity index is 2.07. The van der Waals surface area contributed by atoms with Gasteiger partial charge in [0.2, 0.25) is 5.92 Å². The van der Waals surface area contributed by atoms with Gasteiger partial charge in [-0.15, -0.1) is 0 Å². The second-order valence-electron chi connectivity index (χ2n) is 4.24. The van der Waals surface area contributed by atoms with Crippen LogP contribution in [0, 0.1) is 6.92 Å². The Labute approximate surface area is 87.3 Å². The number of hydrogen-bond acceptors (Lipinski definition) is 2. The third-order valence-electron chi connectivity index (χ3n) is 3.02. The predicted molar refractivity (Wildman–Crippen MR) is 53.8 cm³/mol. The van der Waals surface area contributed by atoms with E-state index in [1.165, 1.54) is 0 Å². The van der Waals surface area contributed by atoms with Gasteiger partial charge in [-0.2, -0.15) is 5.10 Å². The summed E-state index contributed by atoms with van der Waals surface area (Å²) in [6.45, 7) is 1.82. The van der Waals surface area contributed by atoms with Gasteiger partial charge in [0.05, 0.1) is 17.4 Å². The standard InChI is InChI=1S/C10H15F2N3/c1-7-9(13)6-15(14-7)8-2-4-10(11,12)5-3-8/h6,8H,2-5,13H2,1H3. The zero-order valence-electron chi connectivity index (χ0n) is 8.71. The minimum atomic E-state index is -2.48. The second-order valence-corrected chi connectivity index (χ2v) is 4.24. The van der Waals surface area contributed by atoms with E-state index < -0.39 is 5.92 Å². The maximum Gasteiger partial charge on any atom is 0.248 e. The molecule has 1 aliphatic rings. The Morgan fingerprint density at radius 1 is 1.47 bits per heavy atom. The molecule has 2 rings (SSSR count). The molecule has 0 unspecified atom stereocenters. The number of aryl methyl sites for hydroxylation is 1. The lowest BCUT2D eigenvalue weighted by molar-refractivity contribution is -0.0449. The monoisotopic (exact) mass is 215 g/mol. The zero-order chi connectivity index (χ0) is 11.1. The van der Waals surface area contributed by atoms with Crippen molar-refractivity contribution in [1.29, 1.82) is 0 Å². The van der Waals surface area contributed by atoms with Crippen LogP contribution in [-0.4, -0.2) is 15.7 Å². The Hall–Kier alpha value is -1.13. The first kappa shape index (κ1) is 10.4. The maximum atomic E-state index is 12.9. The van der Waals surface area contributed by atoms with Crippen LogP contribution in [0.3, 0.4) is 0 Å². The average Bonchev–Trinajstić information content (AvgIpc) is 2.47. The lowest BCUT2D eigenvalue weighted by Gasteiger charge is -2.28. The van der Waals surface area contributed by atoms with Gasteiger partial charge < -0.3 is 5.73 Å².